The molecule has 16 heavy (non-hydrogen) atoms. The lowest BCUT2D eigenvalue weighted by Crippen LogP contribution is -2.38. The van der Waals surface area contributed by atoms with Crippen LogP contribution in [-0.4, -0.2) is 46.7 Å². The van der Waals surface area contributed by atoms with Gasteiger partial charge in [0, 0.05) is 26.0 Å². The summed E-state index contributed by atoms with van der Waals surface area (Å²) in [5.74, 6) is 0.316. The summed E-state index contributed by atoms with van der Waals surface area (Å²) in [5, 5.41) is 3.41. The largest absolute Gasteiger partial charge is 0.383 e. The molecule has 1 aliphatic rings. The van der Waals surface area contributed by atoms with Crippen LogP contribution in [0.15, 0.2) is 0 Å². The highest BCUT2D eigenvalue weighted by Gasteiger charge is 2.44. The van der Waals surface area contributed by atoms with E-state index in [2.05, 4.69) is 12.2 Å². The molecule has 96 valence electrons. The monoisotopic (exact) mass is 249 g/mol. The van der Waals surface area contributed by atoms with Gasteiger partial charge in [-0.05, 0) is 24.7 Å². The molecule has 0 heterocycles. The summed E-state index contributed by atoms with van der Waals surface area (Å²) >= 11 is 0. The molecular formula is C11H23NO3S. The Morgan fingerprint density at radius 3 is 2.44 bits per heavy atom. The zero-order valence-corrected chi connectivity index (χ0v) is 11.3. The third-order valence-electron chi connectivity index (χ3n) is 3.15. The molecule has 1 unspecified atom stereocenters. The molecule has 0 aromatic carbocycles. The number of sulfone groups is 1. The fraction of sp³-hybridized carbons (Fsp3) is 1.00. The van der Waals surface area contributed by atoms with Crippen molar-refractivity contribution < 1.29 is 13.2 Å². The molecule has 0 aliphatic heterocycles. The summed E-state index contributed by atoms with van der Waals surface area (Å²) in [5.41, 5.74) is 0.00868. The van der Waals surface area contributed by atoms with Gasteiger partial charge in [-0.1, -0.05) is 6.92 Å². The van der Waals surface area contributed by atoms with Crippen molar-refractivity contribution >= 4 is 9.84 Å². The zero-order valence-electron chi connectivity index (χ0n) is 10.5. The molecule has 0 aromatic rings. The SMILES string of the molecule is CCC(COC)NCC1(CS(C)(=O)=O)CC1. The topological polar surface area (TPSA) is 55.4 Å². The van der Waals surface area contributed by atoms with Gasteiger partial charge in [0.1, 0.15) is 9.84 Å². The lowest BCUT2D eigenvalue weighted by molar-refractivity contribution is 0.161. The average Bonchev–Trinajstić information content (AvgIpc) is 2.90. The van der Waals surface area contributed by atoms with E-state index in [4.69, 9.17) is 4.74 Å². The fourth-order valence-corrected chi connectivity index (χ4v) is 3.49. The van der Waals surface area contributed by atoms with Crippen molar-refractivity contribution in [2.45, 2.75) is 32.2 Å². The van der Waals surface area contributed by atoms with Gasteiger partial charge in [-0.3, -0.25) is 0 Å². The van der Waals surface area contributed by atoms with Crippen LogP contribution in [0.1, 0.15) is 26.2 Å². The molecule has 0 saturated heterocycles. The Morgan fingerprint density at radius 1 is 1.44 bits per heavy atom. The lowest BCUT2D eigenvalue weighted by atomic mass is 10.1. The van der Waals surface area contributed by atoms with Gasteiger partial charge in [-0.2, -0.15) is 0 Å². The standard InChI is InChI=1S/C11H23NO3S/c1-4-10(7-15-2)12-8-11(5-6-11)9-16(3,13)14/h10,12H,4-9H2,1-3H3. The maximum atomic E-state index is 11.3. The third kappa shape index (κ3) is 4.80. The smallest absolute Gasteiger partial charge is 0.148 e. The predicted molar refractivity (Wildman–Crippen MR) is 65.3 cm³/mol. The van der Waals surface area contributed by atoms with Crippen LogP contribution >= 0.6 is 0 Å². The first-order valence-corrected chi connectivity index (χ1v) is 7.87. The Kier molecular flexibility index (Phi) is 4.76. The molecule has 1 saturated carbocycles. The van der Waals surface area contributed by atoms with E-state index in [0.29, 0.717) is 18.4 Å². The van der Waals surface area contributed by atoms with Gasteiger partial charge in [0.2, 0.25) is 0 Å². The minimum Gasteiger partial charge on any atom is -0.383 e. The molecular weight excluding hydrogens is 226 g/mol. The van der Waals surface area contributed by atoms with Crippen LogP contribution in [0.5, 0.6) is 0 Å². The van der Waals surface area contributed by atoms with Crippen LogP contribution in [0, 0.1) is 5.41 Å². The molecule has 0 radical (unpaired) electrons. The van der Waals surface area contributed by atoms with Gasteiger partial charge >= 0.3 is 0 Å². The Hall–Kier alpha value is -0.130. The highest BCUT2D eigenvalue weighted by Crippen LogP contribution is 2.46. The van der Waals surface area contributed by atoms with E-state index < -0.39 is 9.84 Å². The first-order chi connectivity index (χ1) is 7.41. The summed E-state index contributed by atoms with van der Waals surface area (Å²) in [4.78, 5) is 0. The first-order valence-electron chi connectivity index (χ1n) is 5.81. The molecule has 0 spiro atoms. The van der Waals surface area contributed by atoms with Crippen molar-refractivity contribution in [1.29, 1.82) is 0 Å². The van der Waals surface area contributed by atoms with E-state index in [1.165, 1.54) is 6.26 Å². The van der Waals surface area contributed by atoms with Crippen molar-refractivity contribution in [3.05, 3.63) is 0 Å². The van der Waals surface area contributed by atoms with E-state index >= 15 is 0 Å². The minimum absolute atomic E-state index is 0.00868. The molecule has 5 heteroatoms. The predicted octanol–water partition coefficient (Wildman–Crippen LogP) is 0.826. The summed E-state index contributed by atoms with van der Waals surface area (Å²) < 4.78 is 27.6. The summed E-state index contributed by atoms with van der Waals surface area (Å²) in [6, 6.07) is 0.335. The van der Waals surface area contributed by atoms with Gasteiger partial charge in [0.15, 0.2) is 0 Å². The molecule has 1 rings (SSSR count). The van der Waals surface area contributed by atoms with E-state index in [9.17, 15) is 8.42 Å². The van der Waals surface area contributed by atoms with Crippen molar-refractivity contribution in [1.82, 2.24) is 5.32 Å². The van der Waals surface area contributed by atoms with Gasteiger partial charge in [-0.25, -0.2) is 8.42 Å². The number of nitrogens with one attached hydrogen (secondary N) is 1. The van der Waals surface area contributed by atoms with E-state index in [0.717, 1.165) is 25.8 Å². The highest BCUT2D eigenvalue weighted by molar-refractivity contribution is 7.90. The van der Waals surface area contributed by atoms with Crippen LogP contribution in [0.4, 0.5) is 0 Å². The van der Waals surface area contributed by atoms with E-state index in [1.807, 2.05) is 0 Å². The quantitative estimate of drug-likeness (QED) is 0.692. The second-order valence-electron chi connectivity index (χ2n) is 5.01. The van der Waals surface area contributed by atoms with Crippen molar-refractivity contribution in [3.8, 4) is 0 Å². The number of hydrogen-bond donors (Lipinski definition) is 1. The maximum Gasteiger partial charge on any atom is 0.148 e. The first kappa shape index (κ1) is 13.9. The normalized spacial score (nSPS) is 20.7. The molecule has 0 bridgehead atoms. The zero-order chi connectivity index (χ0) is 12.2. The lowest BCUT2D eigenvalue weighted by Gasteiger charge is -2.20. The van der Waals surface area contributed by atoms with Gasteiger partial charge in [0.25, 0.3) is 0 Å². The van der Waals surface area contributed by atoms with Crippen molar-refractivity contribution in [2.75, 3.05) is 32.3 Å². The Bertz CT molecular complexity index is 309. The number of hydrogen-bond acceptors (Lipinski definition) is 4. The van der Waals surface area contributed by atoms with E-state index in [1.54, 1.807) is 7.11 Å². The summed E-state index contributed by atoms with van der Waals surface area (Å²) in [6.45, 7) is 3.58. The van der Waals surface area contributed by atoms with Gasteiger partial charge in [-0.15, -0.1) is 0 Å². The Morgan fingerprint density at radius 2 is 2.06 bits per heavy atom. The number of ether oxygens (including phenoxy) is 1. The van der Waals surface area contributed by atoms with Gasteiger partial charge in [0.05, 0.1) is 12.4 Å². The fourth-order valence-electron chi connectivity index (χ4n) is 1.99. The Balaban J connectivity index is 2.36. The van der Waals surface area contributed by atoms with Crippen LogP contribution in [0.25, 0.3) is 0 Å². The van der Waals surface area contributed by atoms with Gasteiger partial charge < -0.3 is 10.1 Å². The Labute approximate surface area is 98.7 Å². The second kappa shape index (κ2) is 5.47. The van der Waals surface area contributed by atoms with Crippen LogP contribution in [-0.2, 0) is 14.6 Å². The second-order valence-corrected chi connectivity index (χ2v) is 7.15. The molecule has 0 aromatic heterocycles. The minimum atomic E-state index is -2.86. The highest BCUT2D eigenvalue weighted by atomic mass is 32.2. The summed E-state index contributed by atoms with van der Waals surface area (Å²) in [7, 11) is -1.17. The van der Waals surface area contributed by atoms with Crippen molar-refractivity contribution in [3.63, 3.8) is 0 Å². The maximum absolute atomic E-state index is 11.3. The van der Waals surface area contributed by atoms with Crippen molar-refractivity contribution in [2.24, 2.45) is 5.41 Å². The van der Waals surface area contributed by atoms with Crippen LogP contribution < -0.4 is 5.32 Å². The molecule has 1 N–H and O–H groups in total. The third-order valence-corrected chi connectivity index (χ3v) is 4.29. The molecule has 1 atom stereocenters. The van der Waals surface area contributed by atoms with Crippen LogP contribution in [0.2, 0.25) is 0 Å². The molecule has 4 nitrogen and oxygen atoms in total. The summed E-state index contributed by atoms with van der Waals surface area (Å²) in [6.07, 6.45) is 4.37. The molecule has 0 amide bonds. The molecule has 1 aliphatic carbocycles. The van der Waals surface area contributed by atoms with Crippen LogP contribution in [0.3, 0.4) is 0 Å². The molecule has 1 fully saturated rings. The average molecular weight is 249 g/mol. The number of rotatable bonds is 8. The number of methoxy groups -OCH3 is 1. The van der Waals surface area contributed by atoms with E-state index in [-0.39, 0.29) is 5.41 Å².